The Morgan fingerprint density at radius 3 is 2.90 bits per heavy atom. The molecule has 0 aliphatic carbocycles. The number of nitrogens with one attached hydrogen (secondary N) is 2. The van der Waals surface area contributed by atoms with Gasteiger partial charge in [-0.25, -0.2) is 9.37 Å². The molecule has 13 heteroatoms. The van der Waals surface area contributed by atoms with Crippen molar-refractivity contribution in [3.8, 4) is 11.4 Å². The molecule has 2 aromatic heterocycles. The fraction of sp³-hybridized carbons (Fsp3) is 0.577. The summed E-state index contributed by atoms with van der Waals surface area (Å²) in [7, 11) is 0. The third-order valence-corrected chi connectivity index (χ3v) is 8.04. The maximum absolute atomic E-state index is 14.8. The van der Waals surface area contributed by atoms with E-state index in [4.69, 9.17) is 9.47 Å². The Balaban J connectivity index is 1.19. The maximum Gasteiger partial charge on any atom is 0.229 e. The molecule has 3 aliphatic heterocycles. The van der Waals surface area contributed by atoms with E-state index < -0.39 is 11.2 Å². The molecule has 208 valence electrons. The molecule has 12 nitrogen and oxygen atoms in total. The molecule has 3 saturated heterocycles. The van der Waals surface area contributed by atoms with Crippen LogP contribution in [0.2, 0.25) is 0 Å². The van der Waals surface area contributed by atoms with Gasteiger partial charge in [-0.1, -0.05) is 0 Å². The van der Waals surface area contributed by atoms with Crippen LogP contribution in [-0.4, -0.2) is 90.8 Å². The minimum absolute atomic E-state index is 0.0254. The fourth-order valence-electron chi connectivity index (χ4n) is 5.98. The van der Waals surface area contributed by atoms with Crippen LogP contribution in [0.3, 0.4) is 0 Å². The van der Waals surface area contributed by atoms with Crippen LogP contribution < -0.4 is 15.4 Å². The highest BCUT2D eigenvalue weighted by Gasteiger charge is 2.43. The number of tetrazole rings is 1. The lowest BCUT2D eigenvalue weighted by molar-refractivity contribution is -0.153. The highest BCUT2D eigenvalue weighted by molar-refractivity contribution is 5.62. The maximum atomic E-state index is 14.8. The van der Waals surface area contributed by atoms with Gasteiger partial charge in [-0.2, -0.15) is 9.67 Å². The van der Waals surface area contributed by atoms with Gasteiger partial charge in [0.25, 0.3) is 0 Å². The zero-order valence-corrected chi connectivity index (χ0v) is 22.2. The predicted octanol–water partition coefficient (Wildman–Crippen LogP) is 2.54. The molecule has 6 rings (SSSR count). The highest BCUT2D eigenvalue weighted by atomic mass is 19.1. The van der Waals surface area contributed by atoms with Crippen LogP contribution in [0.5, 0.6) is 5.75 Å². The van der Waals surface area contributed by atoms with Gasteiger partial charge >= 0.3 is 0 Å². The fourth-order valence-corrected chi connectivity index (χ4v) is 5.98. The van der Waals surface area contributed by atoms with Crippen LogP contribution in [0.4, 0.5) is 21.8 Å². The Hall–Kier alpha value is -3.42. The van der Waals surface area contributed by atoms with Crippen molar-refractivity contribution < 1.29 is 19.0 Å². The number of hydrogen-bond acceptors (Lipinski definition) is 11. The van der Waals surface area contributed by atoms with Crippen LogP contribution in [0.15, 0.2) is 30.7 Å². The molecule has 3 aromatic rings. The van der Waals surface area contributed by atoms with E-state index in [0.717, 1.165) is 19.4 Å². The van der Waals surface area contributed by atoms with Crippen LogP contribution in [0, 0.1) is 11.2 Å². The van der Waals surface area contributed by atoms with Gasteiger partial charge in [0.05, 0.1) is 31.4 Å². The van der Waals surface area contributed by atoms with E-state index in [0.29, 0.717) is 36.4 Å². The van der Waals surface area contributed by atoms with E-state index in [-0.39, 0.29) is 36.6 Å². The number of fused-ring (bicyclic) bond motifs is 1. The SMILES string of the molecule is CC1(C)C[C@H](Nc2nc(Nc3ccc(OCC4(CO)COC4)c(-n4cnnn4)c3)ncc2F)C[C@@H]2CCCN21. The van der Waals surface area contributed by atoms with Gasteiger partial charge in [0.1, 0.15) is 24.4 Å². The number of halogens is 1. The zero-order chi connectivity index (χ0) is 27.0. The lowest BCUT2D eigenvalue weighted by atomic mass is 9.84. The quantitative estimate of drug-likeness (QED) is 0.370. The van der Waals surface area contributed by atoms with Gasteiger partial charge in [0, 0.05) is 23.3 Å². The van der Waals surface area contributed by atoms with Crippen molar-refractivity contribution in [2.45, 2.75) is 57.2 Å². The minimum atomic E-state index is -0.483. The third kappa shape index (κ3) is 5.25. The number of aromatic nitrogens is 6. The molecule has 3 aliphatic rings. The molecule has 39 heavy (non-hydrogen) atoms. The van der Waals surface area contributed by atoms with E-state index >= 15 is 0 Å². The van der Waals surface area contributed by atoms with Crippen molar-refractivity contribution >= 4 is 17.5 Å². The first-order valence-electron chi connectivity index (χ1n) is 13.4. The molecule has 0 unspecified atom stereocenters. The van der Waals surface area contributed by atoms with Gasteiger partial charge in [-0.3, -0.25) is 4.90 Å². The first-order valence-corrected chi connectivity index (χ1v) is 13.4. The van der Waals surface area contributed by atoms with Gasteiger partial charge < -0.3 is 25.2 Å². The molecule has 0 spiro atoms. The molecular formula is C26H34FN9O3. The number of aliphatic hydroxyl groups excluding tert-OH is 1. The molecular weight excluding hydrogens is 505 g/mol. The summed E-state index contributed by atoms with van der Waals surface area (Å²) in [6.45, 7) is 6.81. The van der Waals surface area contributed by atoms with Crippen molar-refractivity contribution in [1.82, 2.24) is 35.1 Å². The summed E-state index contributed by atoms with van der Waals surface area (Å²) in [5, 5.41) is 27.7. The van der Waals surface area contributed by atoms with Crippen molar-refractivity contribution in [2.75, 3.05) is 43.6 Å². The Morgan fingerprint density at radius 2 is 2.15 bits per heavy atom. The number of benzene rings is 1. The molecule has 0 radical (unpaired) electrons. The Labute approximate surface area is 225 Å². The van der Waals surface area contributed by atoms with E-state index in [2.05, 4.69) is 54.9 Å². The van der Waals surface area contributed by atoms with Crippen LogP contribution >= 0.6 is 0 Å². The molecule has 0 amide bonds. The molecule has 5 heterocycles. The summed E-state index contributed by atoms with van der Waals surface area (Å²) in [6, 6.07) is 6.03. The monoisotopic (exact) mass is 539 g/mol. The summed E-state index contributed by atoms with van der Waals surface area (Å²) in [4.78, 5) is 11.2. The van der Waals surface area contributed by atoms with Gasteiger partial charge in [0.15, 0.2) is 11.6 Å². The number of ether oxygens (including phenoxy) is 2. The molecule has 0 bridgehead atoms. The van der Waals surface area contributed by atoms with E-state index in [1.807, 2.05) is 6.07 Å². The highest BCUT2D eigenvalue weighted by Crippen LogP contribution is 2.39. The van der Waals surface area contributed by atoms with Crippen molar-refractivity contribution in [3.05, 3.63) is 36.5 Å². The number of aliphatic hydroxyl groups is 1. The standard InChI is InChI=1S/C26H34FN9O3/c1-25(2)10-18(8-19-4-3-7-35(19)25)30-23-20(27)11-28-24(32-23)31-17-5-6-22(21(9-17)36-16-29-33-34-36)39-15-26(12-37)13-38-14-26/h5-6,9,11,16,18-19,37H,3-4,7-8,10,12-15H2,1-2H3,(H2,28,30,31,32)/t18-,19+/m1/s1. The van der Waals surface area contributed by atoms with Crippen LogP contribution in [0.25, 0.3) is 5.69 Å². The molecule has 0 saturated carbocycles. The average Bonchev–Trinajstić information content (AvgIpc) is 3.59. The normalized spacial score (nSPS) is 23.6. The van der Waals surface area contributed by atoms with Gasteiger partial charge in [-0.05, 0) is 74.7 Å². The number of hydrogen-bond donors (Lipinski definition) is 3. The Bertz CT molecular complexity index is 1300. The first-order chi connectivity index (χ1) is 18.8. The van der Waals surface area contributed by atoms with Crippen molar-refractivity contribution in [1.29, 1.82) is 0 Å². The smallest absolute Gasteiger partial charge is 0.229 e. The average molecular weight is 540 g/mol. The summed E-state index contributed by atoms with van der Waals surface area (Å²) >= 11 is 0. The summed E-state index contributed by atoms with van der Waals surface area (Å²) in [5.74, 6) is 0.509. The molecule has 2 atom stereocenters. The second-order valence-corrected chi connectivity index (χ2v) is 11.5. The summed E-state index contributed by atoms with van der Waals surface area (Å²) in [5.41, 5.74) is 0.878. The van der Waals surface area contributed by atoms with Crippen LogP contribution in [-0.2, 0) is 4.74 Å². The first kappa shape index (κ1) is 25.8. The van der Waals surface area contributed by atoms with Crippen LogP contribution in [0.1, 0.15) is 39.5 Å². The summed E-state index contributed by atoms with van der Waals surface area (Å²) in [6.07, 6.45) is 6.92. The van der Waals surface area contributed by atoms with E-state index in [9.17, 15) is 9.50 Å². The van der Waals surface area contributed by atoms with Crippen molar-refractivity contribution in [2.24, 2.45) is 5.41 Å². The van der Waals surface area contributed by atoms with Gasteiger partial charge in [0.2, 0.25) is 5.95 Å². The molecule has 3 N–H and O–H groups in total. The largest absolute Gasteiger partial charge is 0.490 e. The van der Waals surface area contributed by atoms with Crippen molar-refractivity contribution in [3.63, 3.8) is 0 Å². The van der Waals surface area contributed by atoms with E-state index in [1.54, 1.807) is 12.1 Å². The minimum Gasteiger partial charge on any atom is -0.490 e. The number of piperidine rings is 1. The third-order valence-electron chi connectivity index (χ3n) is 8.04. The zero-order valence-electron chi connectivity index (χ0n) is 22.2. The number of anilines is 3. The lowest BCUT2D eigenvalue weighted by Gasteiger charge is -2.47. The summed E-state index contributed by atoms with van der Waals surface area (Å²) < 4.78 is 27.6. The Morgan fingerprint density at radius 1 is 1.28 bits per heavy atom. The second kappa shape index (κ2) is 10.3. The Kier molecular flexibility index (Phi) is 6.81. The lowest BCUT2D eigenvalue weighted by Crippen LogP contribution is -2.55. The topological polar surface area (TPSA) is 135 Å². The second-order valence-electron chi connectivity index (χ2n) is 11.5. The van der Waals surface area contributed by atoms with Gasteiger partial charge in [-0.15, -0.1) is 5.10 Å². The number of rotatable bonds is 9. The van der Waals surface area contributed by atoms with E-state index in [1.165, 1.54) is 30.0 Å². The molecule has 1 aromatic carbocycles. The molecule has 3 fully saturated rings. The predicted molar refractivity (Wildman–Crippen MR) is 141 cm³/mol. The number of nitrogens with zero attached hydrogens (tertiary/aromatic N) is 7.